The fraction of sp³-hybridized carbons (Fsp3) is 0.600. The minimum Gasteiger partial charge on any atom is -0.394 e. The second-order valence-corrected chi connectivity index (χ2v) is 4.07. The summed E-state index contributed by atoms with van der Waals surface area (Å²) in [5.41, 5.74) is -0.394. The highest BCUT2D eigenvalue weighted by molar-refractivity contribution is 5.30. The zero-order valence-corrected chi connectivity index (χ0v) is 9.24. The second-order valence-electron chi connectivity index (χ2n) is 4.07. The van der Waals surface area contributed by atoms with E-state index in [0.717, 1.165) is 0 Å². The quantitative estimate of drug-likeness (QED) is 0.654. The van der Waals surface area contributed by atoms with Gasteiger partial charge in [0.25, 0.3) is 0 Å². The number of hydrogen-bond acceptors (Lipinski definition) is 6. The number of anilines is 1. The van der Waals surface area contributed by atoms with Gasteiger partial charge >= 0.3 is 5.69 Å². The van der Waals surface area contributed by atoms with Crippen LogP contribution in [0.2, 0.25) is 0 Å². The van der Waals surface area contributed by atoms with Crippen molar-refractivity contribution in [2.75, 3.05) is 19.0 Å². The molecule has 4 atom stereocenters. The van der Waals surface area contributed by atoms with Crippen LogP contribution < -0.4 is 11.0 Å². The van der Waals surface area contributed by atoms with Crippen LogP contribution in [0, 0.1) is 0 Å². The molecule has 1 aromatic heterocycles. The molecular formula is C10H13N3O4. The third kappa shape index (κ3) is 1.63. The van der Waals surface area contributed by atoms with Crippen molar-refractivity contribution < 1.29 is 14.6 Å². The Hall–Kier alpha value is -1.44. The molecule has 2 unspecified atom stereocenters. The second kappa shape index (κ2) is 3.80. The summed E-state index contributed by atoms with van der Waals surface area (Å²) >= 11 is 0. The number of rotatable bonds is 3. The maximum atomic E-state index is 11.8. The Labute approximate surface area is 97.0 Å². The maximum Gasteiger partial charge on any atom is 0.351 e. The standard InChI is InChI=1S/C10H13N3O4/c1-11-6-2-3-13(10(15)12-6)9-8-7(17-8)5(4-14)16-9/h2-3,5,7-9,14H,4H2,1H3,(H,11,12,15)/t5-,7?,8?,9-/m1/s1. The highest BCUT2D eigenvalue weighted by atomic mass is 16.7. The number of aliphatic hydroxyl groups is 1. The lowest BCUT2D eigenvalue weighted by atomic mass is 10.2. The van der Waals surface area contributed by atoms with E-state index in [2.05, 4.69) is 10.3 Å². The van der Waals surface area contributed by atoms with E-state index in [9.17, 15) is 4.79 Å². The highest BCUT2D eigenvalue weighted by Gasteiger charge is 2.58. The van der Waals surface area contributed by atoms with Gasteiger partial charge in [0.1, 0.15) is 24.1 Å². The summed E-state index contributed by atoms with van der Waals surface area (Å²) in [7, 11) is 1.69. The molecule has 92 valence electrons. The topological polar surface area (TPSA) is 88.9 Å². The zero-order valence-electron chi connectivity index (χ0n) is 9.24. The Bertz CT molecular complexity index is 489. The van der Waals surface area contributed by atoms with Crippen molar-refractivity contribution >= 4 is 5.82 Å². The van der Waals surface area contributed by atoms with E-state index in [1.54, 1.807) is 19.3 Å². The zero-order chi connectivity index (χ0) is 12.0. The van der Waals surface area contributed by atoms with E-state index in [4.69, 9.17) is 14.6 Å². The van der Waals surface area contributed by atoms with Gasteiger partial charge < -0.3 is 19.9 Å². The number of fused-ring (bicyclic) bond motifs is 1. The highest BCUT2D eigenvalue weighted by Crippen LogP contribution is 2.44. The molecular weight excluding hydrogens is 226 g/mol. The molecule has 0 aromatic carbocycles. The molecule has 2 aliphatic heterocycles. The Morgan fingerprint density at radius 2 is 2.35 bits per heavy atom. The molecule has 2 N–H and O–H groups in total. The van der Waals surface area contributed by atoms with Crippen LogP contribution in [0.3, 0.4) is 0 Å². The largest absolute Gasteiger partial charge is 0.394 e. The number of epoxide rings is 1. The first-order valence-electron chi connectivity index (χ1n) is 5.43. The molecule has 0 bridgehead atoms. The van der Waals surface area contributed by atoms with Gasteiger partial charge in [-0.2, -0.15) is 4.98 Å². The van der Waals surface area contributed by atoms with Crippen molar-refractivity contribution in [2.24, 2.45) is 0 Å². The Kier molecular flexibility index (Phi) is 2.39. The van der Waals surface area contributed by atoms with Gasteiger partial charge in [-0.3, -0.25) is 4.57 Å². The third-order valence-corrected chi connectivity index (χ3v) is 3.06. The molecule has 3 heterocycles. The van der Waals surface area contributed by atoms with Crippen LogP contribution in [-0.4, -0.2) is 46.6 Å². The van der Waals surface area contributed by atoms with E-state index < -0.39 is 11.9 Å². The van der Waals surface area contributed by atoms with Crippen LogP contribution in [0.4, 0.5) is 5.82 Å². The van der Waals surface area contributed by atoms with Gasteiger partial charge in [0, 0.05) is 13.2 Å². The number of nitrogens with zero attached hydrogens (tertiary/aromatic N) is 2. The number of aliphatic hydroxyl groups excluding tert-OH is 1. The summed E-state index contributed by atoms with van der Waals surface area (Å²) < 4.78 is 12.3. The van der Waals surface area contributed by atoms with Gasteiger partial charge in [0.2, 0.25) is 0 Å². The summed E-state index contributed by atoms with van der Waals surface area (Å²) in [4.78, 5) is 15.6. The van der Waals surface area contributed by atoms with Gasteiger partial charge in [-0.15, -0.1) is 0 Å². The molecule has 0 amide bonds. The summed E-state index contributed by atoms with van der Waals surface area (Å²) in [5, 5.41) is 11.9. The van der Waals surface area contributed by atoms with Crippen LogP contribution in [0.1, 0.15) is 6.23 Å². The lowest BCUT2D eigenvalue weighted by Gasteiger charge is -2.17. The molecule has 3 rings (SSSR count). The van der Waals surface area contributed by atoms with Crippen LogP contribution in [-0.2, 0) is 9.47 Å². The molecule has 0 spiro atoms. The van der Waals surface area contributed by atoms with E-state index in [1.165, 1.54) is 4.57 Å². The summed E-state index contributed by atoms with van der Waals surface area (Å²) in [5.74, 6) is 0.510. The predicted molar refractivity (Wildman–Crippen MR) is 57.7 cm³/mol. The summed E-state index contributed by atoms with van der Waals surface area (Å²) in [6, 6.07) is 1.69. The molecule has 0 saturated carbocycles. The monoisotopic (exact) mass is 239 g/mol. The van der Waals surface area contributed by atoms with Gasteiger partial charge in [0.15, 0.2) is 6.23 Å². The number of hydrogen-bond donors (Lipinski definition) is 2. The molecule has 0 aliphatic carbocycles. The molecule has 2 saturated heterocycles. The van der Waals surface area contributed by atoms with E-state index in [1.807, 2.05) is 0 Å². The van der Waals surface area contributed by atoms with Crippen molar-refractivity contribution in [1.29, 1.82) is 0 Å². The lowest BCUT2D eigenvalue weighted by molar-refractivity contribution is -0.0855. The fourth-order valence-corrected chi connectivity index (χ4v) is 2.12. The van der Waals surface area contributed by atoms with Gasteiger partial charge in [-0.25, -0.2) is 4.79 Å². The SMILES string of the molecule is CNc1ccn([C@@H]2O[C@H](CO)C3OC32)c(=O)n1. The lowest BCUT2D eigenvalue weighted by Crippen LogP contribution is -2.31. The summed E-state index contributed by atoms with van der Waals surface area (Å²) in [6.45, 7) is -0.103. The van der Waals surface area contributed by atoms with Crippen molar-refractivity contribution in [3.05, 3.63) is 22.7 Å². The molecule has 7 heteroatoms. The number of nitrogens with one attached hydrogen (secondary N) is 1. The van der Waals surface area contributed by atoms with Gasteiger partial charge in [-0.1, -0.05) is 0 Å². The molecule has 7 nitrogen and oxygen atoms in total. The van der Waals surface area contributed by atoms with Crippen molar-refractivity contribution in [3.8, 4) is 0 Å². The Morgan fingerprint density at radius 3 is 2.94 bits per heavy atom. The van der Waals surface area contributed by atoms with Crippen molar-refractivity contribution in [3.63, 3.8) is 0 Å². The van der Waals surface area contributed by atoms with Crippen LogP contribution in [0.15, 0.2) is 17.1 Å². The first kappa shape index (κ1) is 10.7. The maximum absolute atomic E-state index is 11.8. The van der Waals surface area contributed by atoms with Crippen LogP contribution >= 0.6 is 0 Å². The number of ether oxygens (including phenoxy) is 2. The minimum absolute atomic E-state index is 0.0964. The van der Waals surface area contributed by atoms with Gasteiger partial charge in [-0.05, 0) is 6.07 Å². The van der Waals surface area contributed by atoms with Crippen molar-refractivity contribution in [1.82, 2.24) is 9.55 Å². The van der Waals surface area contributed by atoms with E-state index >= 15 is 0 Å². The molecule has 2 fully saturated rings. The third-order valence-electron chi connectivity index (χ3n) is 3.06. The molecule has 17 heavy (non-hydrogen) atoms. The normalized spacial score (nSPS) is 34.5. The minimum atomic E-state index is -0.483. The van der Waals surface area contributed by atoms with Gasteiger partial charge in [0.05, 0.1) is 6.61 Å². The van der Waals surface area contributed by atoms with Crippen LogP contribution in [0.25, 0.3) is 0 Å². The van der Waals surface area contributed by atoms with Crippen molar-refractivity contribution in [2.45, 2.75) is 24.5 Å². The smallest absolute Gasteiger partial charge is 0.351 e. The predicted octanol–water partition coefficient (Wildman–Crippen LogP) is -1.06. The first-order chi connectivity index (χ1) is 8.24. The molecule has 2 aliphatic rings. The molecule has 1 aromatic rings. The van der Waals surface area contributed by atoms with Crippen LogP contribution in [0.5, 0.6) is 0 Å². The Morgan fingerprint density at radius 1 is 1.53 bits per heavy atom. The average Bonchev–Trinajstić information content (AvgIpc) is 3.05. The van der Waals surface area contributed by atoms with E-state index in [-0.39, 0.29) is 24.9 Å². The Balaban J connectivity index is 1.88. The summed E-state index contributed by atoms with van der Waals surface area (Å²) in [6.07, 6.45) is 0.543. The fourth-order valence-electron chi connectivity index (χ4n) is 2.12. The first-order valence-corrected chi connectivity index (χ1v) is 5.43. The number of aromatic nitrogens is 2. The molecule has 0 radical (unpaired) electrons. The van der Waals surface area contributed by atoms with E-state index in [0.29, 0.717) is 5.82 Å². The average molecular weight is 239 g/mol.